The third-order valence-electron chi connectivity index (χ3n) is 8.49. The van der Waals surface area contributed by atoms with Gasteiger partial charge < -0.3 is 15.7 Å². The highest BCUT2D eigenvalue weighted by atomic mass is 19.4. The Kier molecular flexibility index (Phi) is 9.29. The number of fused-ring (bicyclic) bond motifs is 2. The molecular formula is C36H32F7N7O2. The molecule has 9 nitrogen and oxygen atoms in total. The summed E-state index contributed by atoms with van der Waals surface area (Å²) in [6, 6.07) is 10.1. The summed E-state index contributed by atoms with van der Waals surface area (Å²) in [7, 11) is 3.41. The van der Waals surface area contributed by atoms with Crippen LogP contribution >= 0.6 is 0 Å². The van der Waals surface area contributed by atoms with Gasteiger partial charge in [0.1, 0.15) is 35.2 Å². The zero-order valence-corrected chi connectivity index (χ0v) is 28.3. The number of nitrogens with one attached hydrogen (secondary N) is 2. The number of alkyl halides is 5. The topological polar surface area (TPSA) is 110 Å². The van der Waals surface area contributed by atoms with Gasteiger partial charge in [-0.05, 0) is 68.5 Å². The van der Waals surface area contributed by atoms with Gasteiger partial charge in [0.15, 0.2) is 11.5 Å². The van der Waals surface area contributed by atoms with Crippen molar-refractivity contribution in [1.29, 1.82) is 0 Å². The van der Waals surface area contributed by atoms with E-state index in [2.05, 4.69) is 32.7 Å². The Hall–Kier alpha value is -5.43. The van der Waals surface area contributed by atoms with Crippen LogP contribution in [0.2, 0.25) is 0 Å². The first-order chi connectivity index (χ1) is 24.3. The van der Waals surface area contributed by atoms with E-state index in [4.69, 9.17) is 4.98 Å². The molecule has 3 heterocycles. The fraction of sp³-hybridized carbons (Fsp3) is 0.333. The lowest BCUT2D eigenvalue weighted by atomic mass is 9.93. The zero-order valence-electron chi connectivity index (χ0n) is 28.3. The minimum Gasteiger partial charge on any atom is -0.378 e. The van der Waals surface area contributed by atoms with E-state index in [9.17, 15) is 40.6 Å². The van der Waals surface area contributed by atoms with Gasteiger partial charge in [-0.1, -0.05) is 18.1 Å². The summed E-state index contributed by atoms with van der Waals surface area (Å²) in [6.45, 7) is 1.89. The number of nitrogens with zero attached hydrogens (tertiary/aromatic N) is 5. The Balaban J connectivity index is 1.51. The third-order valence-corrected chi connectivity index (χ3v) is 8.49. The van der Waals surface area contributed by atoms with Crippen LogP contribution in [0.1, 0.15) is 60.2 Å². The summed E-state index contributed by atoms with van der Waals surface area (Å²) in [5.74, 6) is -0.525. The van der Waals surface area contributed by atoms with Crippen LogP contribution in [0, 0.1) is 23.5 Å². The summed E-state index contributed by atoms with van der Waals surface area (Å²) in [6.07, 6.45) is -6.79. The van der Waals surface area contributed by atoms with Gasteiger partial charge in [-0.3, -0.25) is 14.2 Å². The summed E-state index contributed by atoms with van der Waals surface area (Å²) < 4.78 is 102. The lowest BCUT2D eigenvalue weighted by Gasteiger charge is -2.23. The van der Waals surface area contributed by atoms with Crippen molar-refractivity contribution < 1.29 is 40.6 Å². The minimum atomic E-state index is -5.04. The molecule has 1 amide bonds. The fourth-order valence-electron chi connectivity index (χ4n) is 6.44. The number of anilines is 1. The van der Waals surface area contributed by atoms with E-state index in [-0.39, 0.29) is 23.4 Å². The van der Waals surface area contributed by atoms with E-state index in [1.807, 2.05) is 6.07 Å². The molecule has 0 radical (unpaired) electrons. The number of amides is 1. The molecule has 52 heavy (non-hydrogen) atoms. The zero-order chi connectivity index (χ0) is 37.7. The highest BCUT2D eigenvalue weighted by Crippen LogP contribution is 2.46. The highest BCUT2D eigenvalue weighted by Gasteiger charge is 2.50. The Labute approximate surface area is 292 Å². The Bertz CT molecular complexity index is 2240. The molecule has 3 aromatic heterocycles. The molecule has 1 aliphatic carbocycles. The Morgan fingerprint density at radius 2 is 1.77 bits per heavy atom. The van der Waals surface area contributed by atoms with Gasteiger partial charge in [-0.2, -0.15) is 32.1 Å². The van der Waals surface area contributed by atoms with Crippen LogP contribution < -0.4 is 10.6 Å². The number of pyridine rings is 1. The van der Waals surface area contributed by atoms with Crippen molar-refractivity contribution >= 4 is 22.6 Å². The Morgan fingerprint density at radius 1 is 1.06 bits per heavy atom. The van der Waals surface area contributed by atoms with Gasteiger partial charge in [0.25, 0.3) is 5.92 Å². The van der Waals surface area contributed by atoms with Crippen LogP contribution in [0.3, 0.4) is 0 Å². The molecule has 0 bridgehead atoms. The molecule has 2 aromatic carbocycles. The van der Waals surface area contributed by atoms with Crippen molar-refractivity contribution in [2.24, 2.45) is 7.05 Å². The molecule has 16 heteroatoms. The quantitative estimate of drug-likeness (QED) is 0.126. The van der Waals surface area contributed by atoms with Crippen molar-refractivity contribution in [3.63, 3.8) is 0 Å². The van der Waals surface area contributed by atoms with E-state index < -0.39 is 77.6 Å². The molecule has 1 aliphatic rings. The van der Waals surface area contributed by atoms with Gasteiger partial charge in [0.2, 0.25) is 5.91 Å². The second-order valence-corrected chi connectivity index (χ2v) is 13.0. The van der Waals surface area contributed by atoms with Gasteiger partial charge in [0.05, 0.1) is 17.3 Å². The van der Waals surface area contributed by atoms with Crippen LogP contribution in [-0.4, -0.2) is 48.2 Å². The number of para-hydroxylation sites is 1. The van der Waals surface area contributed by atoms with Crippen LogP contribution in [-0.2, 0) is 43.3 Å². The van der Waals surface area contributed by atoms with Gasteiger partial charge in [-0.15, -0.1) is 0 Å². The number of aliphatic hydroxyl groups is 1. The maximum atomic E-state index is 14.9. The van der Waals surface area contributed by atoms with Gasteiger partial charge in [-0.25, -0.2) is 13.8 Å². The summed E-state index contributed by atoms with van der Waals surface area (Å²) >= 11 is 0. The normalized spacial score (nSPS) is 14.5. The van der Waals surface area contributed by atoms with Crippen LogP contribution in [0.15, 0.2) is 48.5 Å². The molecule has 6 rings (SSSR count). The molecule has 1 atom stereocenters. The molecule has 5 aromatic rings. The maximum absolute atomic E-state index is 14.9. The largest absolute Gasteiger partial charge is 0.435 e. The number of aryl methyl sites for hydroxylation is 1. The molecular weight excluding hydrogens is 695 g/mol. The predicted octanol–water partition coefficient (Wildman–Crippen LogP) is 6.43. The number of hydrogen-bond donors (Lipinski definition) is 3. The summed E-state index contributed by atoms with van der Waals surface area (Å²) in [5, 5.41) is 24.6. The molecule has 0 spiro atoms. The number of aromatic nitrogens is 5. The van der Waals surface area contributed by atoms with E-state index in [0.717, 1.165) is 17.5 Å². The van der Waals surface area contributed by atoms with E-state index in [1.165, 1.54) is 13.8 Å². The summed E-state index contributed by atoms with van der Waals surface area (Å²) in [5.41, 5.74) is -2.63. The SMILES string of the molecule is CNc1nn(C)c2c(-c3ccc(C#CC(C)(C)O)nc3C(Cc3cc(F)cc(F)c3)NC(=O)Cn3nc(C(F)(F)F)c4c3C(F)(F)CC4)cccc12. The van der Waals surface area contributed by atoms with Crippen molar-refractivity contribution in [1.82, 2.24) is 29.9 Å². The Morgan fingerprint density at radius 3 is 2.42 bits per heavy atom. The molecule has 0 saturated heterocycles. The lowest BCUT2D eigenvalue weighted by molar-refractivity contribution is -0.142. The average Bonchev–Trinajstić information content (AvgIpc) is 3.69. The first-order valence-corrected chi connectivity index (χ1v) is 16.0. The van der Waals surface area contributed by atoms with E-state index in [1.54, 1.807) is 43.0 Å². The molecule has 0 fully saturated rings. The minimum absolute atomic E-state index is 0.0746. The van der Waals surface area contributed by atoms with Crippen molar-refractivity contribution in [2.45, 2.75) is 63.4 Å². The molecule has 0 saturated carbocycles. The average molecular weight is 728 g/mol. The first-order valence-electron chi connectivity index (χ1n) is 16.0. The number of halogens is 7. The third kappa shape index (κ3) is 7.31. The monoisotopic (exact) mass is 727 g/mol. The second-order valence-electron chi connectivity index (χ2n) is 13.0. The standard InChI is InChI=1S/C36H32F7N7O2/c1-34(2,52)12-10-22-8-9-23(24-6-5-7-25-30(24)49(4)48-33(25)44-3)29(45-22)27(16-19-14-20(37)17-21(38)15-19)46-28(51)18-50-32-26(11-13-35(32,39)40)31(47-50)36(41,42)43/h5-9,14-15,17,27,52H,11,13,16,18H2,1-4H3,(H,44,48)(H,46,51). The number of benzene rings is 2. The second kappa shape index (κ2) is 13.3. The predicted molar refractivity (Wildman–Crippen MR) is 177 cm³/mol. The van der Waals surface area contributed by atoms with Crippen LogP contribution in [0.25, 0.3) is 22.0 Å². The lowest BCUT2D eigenvalue weighted by Crippen LogP contribution is -2.35. The molecule has 1 unspecified atom stereocenters. The molecule has 3 N–H and O–H groups in total. The molecule has 0 aliphatic heterocycles. The number of carbonyl (C=O) groups excluding carboxylic acids is 1. The first kappa shape index (κ1) is 36.4. The van der Waals surface area contributed by atoms with Crippen molar-refractivity contribution in [3.8, 4) is 23.0 Å². The molecule has 272 valence electrons. The summed E-state index contributed by atoms with van der Waals surface area (Å²) in [4.78, 5) is 18.4. The number of hydrogen-bond acceptors (Lipinski definition) is 6. The van der Waals surface area contributed by atoms with Crippen LogP contribution in [0.4, 0.5) is 36.6 Å². The van der Waals surface area contributed by atoms with Crippen LogP contribution in [0.5, 0.6) is 0 Å². The fourth-order valence-corrected chi connectivity index (χ4v) is 6.44. The number of carbonyl (C=O) groups is 1. The van der Waals surface area contributed by atoms with E-state index >= 15 is 0 Å². The van der Waals surface area contributed by atoms with Crippen molar-refractivity contribution in [3.05, 3.63) is 94.1 Å². The van der Waals surface area contributed by atoms with Gasteiger partial charge in [0, 0.05) is 48.7 Å². The van der Waals surface area contributed by atoms with Gasteiger partial charge >= 0.3 is 6.18 Å². The maximum Gasteiger partial charge on any atom is 0.435 e. The highest BCUT2D eigenvalue weighted by molar-refractivity contribution is 6.00. The van der Waals surface area contributed by atoms with Crippen molar-refractivity contribution in [2.75, 3.05) is 12.4 Å². The van der Waals surface area contributed by atoms with E-state index in [0.29, 0.717) is 33.2 Å². The smallest absolute Gasteiger partial charge is 0.378 e. The number of rotatable bonds is 8.